The van der Waals surface area contributed by atoms with E-state index in [0.717, 1.165) is 30.9 Å². The number of halogens is 1. The molecule has 1 N–H and O–H groups in total. The Morgan fingerprint density at radius 3 is 2.67 bits per heavy atom. The van der Waals surface area contributed by atoms with Crippen LogP contribution >= 0.6 is 0 Å². The molecule has 0 aliphatic carbocycles. The molecule has 0 atom stereocenters. The second-order valence-corrected chi connectivity index (χ2v) is 4.88. The first-order valence-corrected chi connectivity index (χ1v) is 7.26. The van der Waals surface area contributed by atoms with E-state index in [2.05, 4.69) is 17.2 Å². The quantitative estimate of drug-likeness (QED) is 0.756. The van der Waals surface area contributed by atoms with Crippen molar-refractivity contribution in [1.29, 1.82) is 0 Å². The van der Waals surface area contributed by atoms with Crippen LogP contribution in [0, 0.1) is 5.82 Å². The van der Waals surface area contributed by atoms with Gasteiger partial charge in [0, 0.05) is 12.1 Å². The van der Waals surface area contributed by atoms with Gasteiger partial charge in [-0.2, -0.15) is 0 Å². The fourth-order valence-corrected chi connectivity index (χ4v) is 1.98. The molecule has 2 aromatic rings. The highest BCUT2D eigenvalue weighted by Crippen LogP contribution is 2.09. The van der Waals surface area contributed by atoms with Crippen LogP contribution in [0.15, 0.2) is 42.5 Å². The van der Waals surface area contributed by atoms with Gasteiger partial charge in [-0.15, -0.1) is 0 Å². The van der Waals surface area contributed by atoms with Crippen LogP contribution < -0.4 is 5.32 Å². The molecule has 1 heterocycles. The number of ether oxygens (including phenoxy) is 1. The van der Waals surface area contributed by atoms with E-state index < -0.39 is 0 Å². The number of rotatable bonds is 8. The van der Waals surface area contributed by atoms with Crippen molar-refractivity contribution in [3.05, 3.63) is 65.2 Å². The maximum Gasteiger partial charge on any atom is 0.128 e. The first kappa shape index (κ1) is 15.6. The molecule has 0 saturated heterocycles. The molecule has 0 unspecified atom stereocenters. The predicted octanol–water partition coefficient (Wildman–Crippen LogP) is 3.44. The summed E-state index contributed by atoms with van der Waals surface area (Å²) in [6, 6.07) is 12.5. The van der Waals surface area contributed by atoms with Crippen molar-refractivity contribution in [3.63, 3.8) is 0 Å². The Morgan fingerprint density at radius 2 is 1.86 bits per heavy atom. The summed E-state index contributed by atoms with van der Waals surface area (Å²) in [6.45, 7) is 4.51. The molecule has 3 nitrogen and oxygen atoms in total. The zero-order valence-corrected chi connectivity index (χ0v) is 12.3. The molecule has 0 aliphatic heterocycles. The monoisotopic (exact) mass is 288 g/mol. The van der Waals surface area contributed by atoms with Gasteiger partial charge in [0.25, 0.3) is 0 Å². The van der Waals surface area contributed by atoms with Gasteiger partial charge >= 0.3 is 0 Å². The lowest BCUT2D eigenvalue weighted by molar-refractivity contribution is 0.102. The smallest absolute Gasteiger partial charge is 0.128 e. The summed E-state index contributed by atoms with van der Waals surface area (Å²) < 4.78 is 19.0. The number of nitrogens with one attached hydrogen (secondary N) is 1. The lowest BCUT2D eigenvalue weighted by Gasteiger charge is -2.07. The number of nitrogens with zero attached hydrogens (tertiary/aromatic N) is 1. The Labute approximate surface area is 125 Å². The van der Waals surface area contributed by atoms with Crippen LogP contribution in [0.4, 0.5) is 4.39 Å². The van der Waals surface area contributed by atoms with Gasteiger partial charge in [0.05, 0.1) is 24.6 Å². The molecule has 0 saturated carbocycles. The first-order chi connectivity index (χ1) is 10.3. The zero-order valence-electron chi connectivity index (χ0n) is 12.3. The lowest BCUT2D eigenvalue weighted by Crippen LogP contribution is -2.15. The average molecular weight is 288 g/mol. The van der Waals surface area contributed by atoms with Gasteiger partial charge in [0.1, 0.15) is 5.82 Å². The van der Waals surface area contributed by atoms with E-state index in [1.165, 1.54) is 6.07 Å². The first-order valence-electron chi connectivity index (χ1n) is 7.26. The van der Waals surface area contributed by atoms with E-state index in [1.807, 2.05) is 18.2 Å². The minimum absolute atomic E-state index is 0.233. The second-order valence-electron chi connectivity index (χ2n) is 4.88. The number of hydrogen-bond acceptors (Lipinski definition) is 3. The van der Waals surface area contributed by atoms with Gasteiger partial charge in [-0.1, -0.05) is 31.2 Å². The molecule has 0 fully saturated rings. The van der Waals surface area contributed by atoms with Crippen molar-refractivity contribution < 1.29 is 9.13 Å². The van der Waals surface area contributed by atoms with Gasteiger partial charge in [-0.05, 0) is 31.2 Å². The standard InChI is InChI=1S/C17H21FN2O/c1-2-10-19-11-15-7-5-8-16(20-15)13-21-12-14-6-3-4-9-17(14)18/h3-9,19H,2,10-13H2,1H3. The third-order valence-corrected chi connectivity index (χ3v) is 3.06. The molecule has 1 aromatic heterocycles. The minimum atomic E-state index is -0.233. The van der Waals surface area contributed by atoms with Gasteiger partial charge in [0.2, 0.25) is 0 Å². The third-order valence-electron chi connectivity index (χ3n) is 3.06. The van der Waals surface area contributed by atoms with Crippen LogP contribution in [0.5, 0.6) is 0 Å². The number of hydrogen-bond donors (Lipinski definition) is 1. The normalized spacial score (nSPS) is 10.8. The molecular weight excluding hydrogens is 267 g/mol. The van der Waals surface area contributed by atoms with Crippen LogP contribution in [-0.2, 0) is 24.5 Å². The molecule has 4 heteroatoms. The molecule has 0 bridgehead atoms. The summed E-state index contributed by atoms with van der Waals surface area (Å²) in [4.78, 5) is 4.52. The molecule has 2 rings (SSSR count). The fourth-order valence-electron chi connectivity index (χ4n) is 1.98. The number of pyridine rings is 1. The topological polar surface area (TPSA) is 34.1 Å². The van der Waals surface area contributed by atoms with Crippen molar-refractivity contribution in [2.45, 2.75) is 33.1 Å². The Kier molecular flexibility index (Phi) is 6.31. The molecule has 0 radical (unpaired) electrons. The highest BCUT2D eigenvalue weighted by Gasteiger charge is 2.02. The largest absolute Gasteiger partial charge is 0.370 e. The summed E-state index contributed by atoms with van der Waals surface area (Å²) in [6.07, 6.45) is 1.10. The zero-order chi connectivity index (χ0) is 14.9. The summed E-state index contributed by atoms with van der Waals surface area (Å²) in [7, 11) is 0. The Morgan fingerprint density at radius 1 is 1.05 bits per heavy atom. The van der Waals surface area contributed by atoms with Gasteiger partial charge in [-0.25, -0.2) is 4.39 Å². The van der Waals surface area contributed by atoms with E-state index in [9.17, 15) is 4.39 Å². The maximum atomic E-state index is 13.4. The van der Waals surface area contributed by atoms with Crippen molar-refractivity contribution in [3.8, 4) is 0 Å². The Balaban J connectivity index is 1.83. The van der Waals surface area contributed by atoms with E-state index in [-0.39, 0.29) is 12.4 Å². The van der Waals surface area contributed by atoms with Crippen molar-refractivity contribution >= 4 is 0 Å². The molecule has 0 aliphatic rings. The molecule has 0 spiro atoms. The lowest BCUT2D eigenvalue weighted by atomic mass is 10.2. The predicted molar refractivity (Wildman–Crippen MR) is 81.1 cm³/mol. The SMILES string of the molecule is CCCNCc1cccc(COCc2ccccc2F)n1. The van der Waals surface area contributed by atoms with Crippen molar-refractivity contribution in [2.75, 3.05) is 6.54 Å². The van der Waals surface area contributed by atoms with Gasteiger partial charge < -0.3 is 10.1 Å². The highest BCUT2D eigenvalue weighted by molar-refractivity contribution is 5.16. The van der Waals surface area contributed by atoms with E-state index in [0.29, 0.717) is 12.2 Å². The van der Waals surface area contributed by atoms with Crippen molar-refractivity contribution in [2.24, 2.45) is 0 Å². The molecule has 112 valence electrons. The van der Waals surface area contributed by atoms with Crippen LogP contribution in [-0.4, -0.2) is 11.5 Å². The summed E-state index contributed by atoms with van der Waals surface area (Å²) in [5.41, 5.74) is 2.43. The average Bonchev–Trinajstić information content (AvgIpc) is 2.50. The number of aromatic nitrogens is 1. The van der Waals surface area contributed by atoms with Gasteiger partial charge in [-0.3, -0.25) is 4.98 Å². The Hall–Kier alpha value is -1.78. The summed E-state index contributed by atoms with van der Waals surface area (Å²) >= 11 is 0. The summed E-state index contributed by atoms with van der Waals surface area (Å²) in [5, 5.41) is 3.32. The van der Waals surface area contributed by atoms with Gasteiger partial charge in [0.15, 0.2) is 0 Å². The van der Waals surface area contributed by atoms with Crippen LogP contribution in [0.1, 0.15) is 30.3 Å². The third kappa shape index (κ3) is 5.25. The van der Waals surface area contributed by atoms with Crippen molar-refractivity contribution in [1.82, 2.24) is 10.3 Å². The van der Waals surface area contributed by atoms with Crippen LogP contribution in [0.25, 0.3) is 0 Å². The number of benzene rings is 1. The minimum Gasteiger partial charge on any atom is -0.370 e. The molecule has 21 heavy (non-hydrogen) atoms. The highest BCUT2D eigenvalue weighted by atomic mass is 19.1. The van der Waals surface area contributed by atoms with E-state index >= 15 is 0 Å². The summed E-state index contributed by atoms with van der Waals surface area (Å²) in [5.74, 6) is -0.233. The maximum absolute atomic E-state index is 13.4. The van der Waals surface area contributed by atoms with E-state index in [1.54, 1.807) is 18.2 Å². The molecule has 0 amide bonds. The Bertz CT molecular complexity index is 560. The van der Waals surface area contributed by atoms with Crippen LogP contribution in [0.2, 0.25) is 0 Å². The molecule has 1 aromatic carbocycles. The van der Waals surface area contributed by atoms with Crippen LogP contribution in [0.3, 0.4) is 0 Å². The fraction of sp³-hybridized carbons (Fsp3) is 0.353. The van der Waals surface area contributed by atoms with E-state index in [4.69, 9.17) is 4.74 Å². The second kappa shape index (κ2) is 8.49. The molecular formula is C17H21FN2O.